The molecular weight excluding hydrogens is 442 g/mol. The van der Waals surface area contributed by atoms with Gasteiger partial charge in [-0.1, -0.05) is 6.07 Å². The fourth-order valence-corrected chi connectivity index (χ4v) is 4.93. The Labute approximate surface area is 202 Å². The Kier molecular flexibility index (Phi) is 5.44. The number of ether oxygens (including phenoxy) is 2. The van der Waals surface area contributed by atoms with Crippen LogP contribution in [0.3, 0.4) is 0 Å². The minimum atomic E-state index is 0.512. The molecule has 1 aliphatic rings. The van der Waals surface area contributed by atoms with Crippen LogP contribution in [-0.4, -0.2) is 56.6 Å². The average Bonchev–Trinajstić information content (AvgIpc) is 3.50. The zero-order chi connectivity index (χ0) is 23.8. The number of rotatable bonds is 6. The third kappa shape index (κ3) is 3.92. The van der Waals surface area contributed by atoms with Crippen molar-refractivity contribution < 1.29 is 9.47 Å². The van der Waals surface area contributed by atoms with Gasteiger partial charge < -0.3 is 14.4 Å². The molecule has 9 nitrogen and oxygen atoms in total. The number of fused-ring (bicyclic) bond motifs is 3. The van der Waals surface area contributed by atoms with Crippen molar-refractivity contribution in [3.8, 4) is 22.8 Å². The maximum Gasteiger partial charge on any atom is 0.212 e. The molecule has 0 unspecified atom stereocenters. The smallest absolute Gasteiger partial charge is 0.212 e. The Morgan fingerprint density at radius 1 is 1.06 bits per heavy atom. The first-order valence-corrected chi connectivity index (χ1v) is 11.9. The van der Waals surface area contributed by atoms with Gasteiger partial charge in [0, 0.05) is 42.7 Å². The molecule has 1 fully saturated rings. The first-order chi connectivity index (χ1) is 17.2. The van der Waals surface area contributed by atoms with Crippen LogP contribution in [0.1, 0.15) is 31.2 Å². The highest BCUT2D eigenvalue weighted by atomic mass is 16.5. The quantitative estimate of drug-likeness (QED) is 0.392. The lowest BCUT2D eigenvalue weighted by Gasteiger charge is -2.33. The van der Waals surface area contributed by atoms with Crippen LogP contribution < -0.4 is 14.4 Å². The Hall–Kier alpha value is -4.14. The number of anilines is 1. The predicted molar refractivity (Wildman–Crippen MR) is 134 cm³/mol. The van der Waals surface area contributed by atoms with E-state index in [1.165, 1.54) is 5.56 Å². The third-order valence-corrected chi connectivity index (χ3v) is 6.73. The fourth-order valence-electron chi connectivity index (χ4n) is 4.93. The summed E-state index contributed by atoms with van der Waals surface area (Å²) >= 11 is 0. The van der Waals surface area contributed by atoms with Crippen LogP contribution in [0.4, 0.5) is 5.82 Å². The minimum absolute atomic E-state index is 0.512. The lowest BCUT2D eigenvalue weighted by molar-refractivity contribution is 0.338. The van der Waals surface area contributed by atoms with Crippen LogP contribution in [0.5, 0.6) is 11.6 Å². The van der Waals surface area contributed by atoms with Gasteiger partial charge in [-0.25, -0.2) is 14.5 Å². The van der Waals surface area contributed by atoms with Gasteiger partial charge in [0.15, 0.2) is 5.65 Å². The second-order valence-corrected chi connectivity index (χ2v) is 8.75. The maximum atomic E-state index is 5.80. The first-order valence-electron chi connectivity index (χ1n) is 11.9. The third-order valence-electron chi connectivity index (χ3n) is 6.73. The van der Waals surface area contributed by atoms with Crippen LogP contribution in [0.25, 0.3) is 27.7 Å². The van der Waals surface area contributed by atoms with Gasteiger partial charge in [0.1, 0.15) is 11.6 Å². The van der Waals surface area contributed by atoms with Crippen molar-refractivity contribution in [2.24, 2.45) is 0 Å². The number of hydrogen-bond acceptors (Lipinski definition) is 7. The second-order valence-electron chi connectivity index (χ2n) is 8.75. The van der Waals surface area contributed by atoms with Crippen LogP contribution in [-0.2, 0) is 0 Å². The summed E-state index contributed by atoms with van der Waals surface area (Å²) in [6.45, 7) is 4.49. The van der Waals surface area contributed by atoms with Gasteiger partial charge in [-0.3, -0.25) is 5.10 Å². The van der Waals surface area contributed by atoms with Crippen molar-refractivity contribution in [2.75, 3.05) is 31.7 Å². The van der Waals surface area contributed by atoms with Crippen molar-refractivity contribution in [1.29, 1.82) is 0 Å². The number of nitrogens with one attached hydrogen (secondary N) is 1. The van der Waals surface area contributed by atoms with E-state index in [1.807, 2.05) is 42.3 Å². The summed E-state index contributed by atoms with van der Waals surface area (Å²) < 4.78 is 12.8. The van der Waals surface area contributed by atoms with E-state index in [-0.39, 0.29) is 0 Å². The number of aromatic amines is 1. The van der Waals surface area contributed by atoms with Crippen molar-refractivity contribution >= 4 is 22.4 Å². The minimum Gasteiger partial charge on any atom is -0.492 e. The van der Waals surface area contributed by atoms with Crippen LogP contribution in [0.15, 0.2) is 55.1 Å². The van der Waals surface area contributed by atoms with E-state index in [9.17, 15) is 0 Å². The monoisotopic (exact) mass is 469 g/mol. The Balaban J connectivity index is 1.24. The summed E-state index contributed by atoms with van der Waals surface area (Å²) in [6, 6.07) is 10.4. The molecule has 0 bridgehead atoms. The van der Waals surface area contributed by atoms with Crippen molar-refractivity contribution in [3.05, 3.63) is 60.7 Å². The van der Waals surface area contributed by atoms with E-state index in [2.05, 4.69) is 49.4 Å². The van der Waals surface area contributed by atoms with E-state index in [1.54, 1.807) is 7.11 Å². The number of aromatic nitrogens is 6. The van der Waals surface area contributed by atoms with Crippen molar-refractivity contribution in [3.63, 3.8) is 0 Å². The van der Waals surface area contributed by atoms with Crippen LogP contribution in [0.2, 0.25) is 0 Å². The molecule has 0 spiro atoms. The standard InChI is InChI=1S/C26H27N7O2/c1-3-35-20-12-21(25-22-15-29-30-26(22)31-33(25)16-20)19-4-6-23(27-14-19)32-10-8-17(9-11-32)18-5-7-24(34-2)28-13-18/h4-7,12-17H,3,8-11H2,1-2H3,(H,30,31). The number of methoxy groups -OCH3 is 1. The topological polar surface area (TPSA) is 93.5 Å². The second kappa shape index (κ2) is 8.90. The number of pyridine rings is 3. The summed E-state index contributed by atoms with van der Waals surface area (Å²) in [7, 11) is 1.64. The highest BCUT2D eigenvalue weighted by molar-refractivity contribution is 6.00. The van der Waals surface area contributed by atoms with Gasteiger partial charge in [-0.05, 0) is 49.4 Å². The maximum absolute atomic E-state index is 5.80. The van der Waals surface area contributed by atoms with Gasteiger partial charge in [0.05, 0.1) is 37.0 Å². The summed E-state index contributed by atoms with van der Waals surface area (Å²) in [5.74, 6) is 2.94. The average molecular weight is 470 g/mol. The molecule has 6 rings (SSSR count). The van der Waals surface area contributed by atoms with E-state index in [4.69, 9.17) is 14.5 Å². The number of nitrogens with zero attached hydrogens (tertiary/aromatic N) is 6. The highest BCUT2D eigenvalue weighted by Gasteiger charge is 2.22. The molecule has 0 atom stereocenters. The molecule has 0 aliphatic carbocycles. The highest BCUT2D eigenvalue weighted by Crippen LogP contribution is 2.34. The van der Waals surface area contributed by atoms with E-state index >= 15 is 0 Å². The summed E-state index contributed by atoms with van der Waals surface area (Å²) in [4.78, 5) is 11.6. The van der Waals surface area contributed by atoms with Crippen LogP contribution in [0, 0.1) is 0 Å². The number of H-pyrrole nitrogens is 1. The zero-order valence-electron chi connectivity index (χ0n) is 19.8. The molecule has 6 heterocycles. The Morgan fingerprint density at radius 2 is 1.94 bits per heavy atom. The lowest BCUT2D eigenvalue weighted by Crippen LogP contribution is -2.33. The molecule has 5 aromatic rings. The normalized spacial score (nSPS) is 14.6. The molecular formula is C26H27N7O2. The van der Waals surface area contributed by atoms with Gasteiger partial charge in [0.25, 0.3) is 0 Å². The largest absolute Gasteiger partial charge is 0.492 e. The number of piperidine rings is 1. The SMILES string of the molecule is CCOc1cc(-c2ccc(N3CCC(c4ccc(OC)nc4)CC3)nc2)c2c3cn[nH]c3nn2c1. The van der Waals surface area contributed by atoms with Gasteiger partial charge >= 0.3 is 0 Å². The van der Waals surface area contributed by atoms with Crippen molar-refractivity contribution in [2.45, 2.75) is 25.7 Å². The van der Waals surface area contributed by atoms with E-state index < -0.39 is 0 Å². The van der Waals surface area contributed by atoms with Gasteiger partial charge in [-0.2, -0.15) is 5.10 Å². The molecule has 5 aromatic heterocycles. The molecule has 0 aromatic carbocycles. The van der Waals surface area contributed by atoms with Crippen molar-refractivity contribution in [1.82, 2.24) is 29.8 Å². The summed E-state index contributed by atoms with van der Waals surface area (Å²) in [5, 5.41) is 12.7. The predicted octanol–water partition coefficient (Wildman–Crippen LogP) is 4.46. The Bertz CT molecular complexity index is 1450. The number of hydrogen-bond donors (Lipinski definition) is 1. The first kappa shape index (κ1) is 21.4. The molecule has 35 heavy (non-hydrogen) atoms. The lowest BCUT2D eigenvalue weighted by atomic mass is 9.90. The Morgan fingerprint density at radius 3 is 2.66 bits per heavy atom. The molecule has 1 aliphatic heterocycles. The molecule has 1 N–H and O–H groups in total. The van der Waals surface area contributed by atoms with Gasteiger partial charge in [0.2, 0.25) is 5.88 Å². The molecule has 178 valence electrons. The fraction of sp³-hybridized carbons (Fsp3) is 0.308. The molecule has 0 amide bonds. The van der Waals surface area contributed by atoms with Crippen LogP contribution >= 0.6 is 0 Å². The molecule has 0 radical (unpaired) electrons. The molecule has 1 saturated heterocycles. The molecule has 0 saturated carbocycles. The summed E-state index contributed by atoms with van der Waals surface area (Å²) in [6.07, 6.45) is 9.74. The molecule has 9 heteroatoms. The zero-order valence-corrected chi connectivity index (χ0v) is 19.8. The van der Waals surface area contributed by atoms with E-state index in [0.29, 0.717) is 18.4 Å². The summed E-state index contributed by atoms with van der Waals surface area (Å²) in [5.41, 5.74) is 5.05. The van der Waals surface area contributed by atoms with Gasteiger partial charge in [-0.15, -0.1) is 5.10 Å². The van der Waals surface area contributed by atoms with E-state index in [0.717, 1.165) is 65.2 Å².